The average Bonchev–Trinajstić information content (AvgIpc) is 3.23. The van der Waals surface area contributed by atoms with E-state index in [2.05, 4.69) is 40.7 Å². The first-order chi connectivity index (χ1) is 28.9. The summed E-state index contributed by atoms with van der Waals surface area (Å²) in [5.74, 6) is -0.179. The van der Waals surface area contributed by atoms with E-state index in [4.69, 9.17) is 19.9 Å². The number of carbonyl (C=O) groups is 3. The largest absolute Gasteiger partial charge is 0.462 e. The zero-order valence-electron chi connectivity index (χ0n) is 40.1. The SMILES string of the molecule is C.CCCCCC/C=C\COC(=O)CCCCCCCC(=O)OC(CCCCCCC)CCCCCCC.CCCCCCCC(CCCCCCC)OC(=O)CCCN. The van der Waals surface area contributed by atoms with Crippen LogP contribution in [0.5, 0.6) is 0 Å². The minimum Gasteiger partial charge on any atom is -0.462 e. The lowest BCUT2D eigenvalue weighted by atomic mass is 10.0. The molecule has 0 unspecified atom stereocenters. The van der Waals surface area contributed by atoms with Crippen molar-refractivity contribution in [2.24, 2.45) is 5.73 Å². The molecule has 0 aliphatic carbocycles. The molecule has 0 radical (unpaired) electrons. The average molecular weight is 852 g/mol. The highest BCUT2D eigenvalue weighted by atomic mass is 16.5. The fourth-order valence-corrected chi connectivity index (χ4v) is 7.32. The molecule has 0 aromatic rings. The number of hydrogen-bond acceptors (Lipinski definition) is 7. The van der Waals surface area contributed by atoms with Crippen molar-refractivity contribution in [3.8, 4) is 0 Å². The van der Waals surface area contributed by atoms with Crippen LogP contribution in [-0.4, -0.2) is 43.3 Å². The molecule has 0 heterocycles. The van der Waals surface area contributed by atoms with E-state index in [0.717, 1.165) is 70.6 Å². The molecular formula is C53H105NO6. The second-order valence-corrected chi connectivity index (χ2v) is 17.2. The highest BCUT2D eigenvalue weighted by Gasteiger charge is 2.15. The third-order valence-electron chi connectivity index (χ3n) is 11.2. The lowest BCUT2D eigenvalue weighted by molar-refractivity contribution is -0.151. The van der Waals surface area contributed by atoms with Crippen molar-refractivity contribution in [1.82, 2.24) is 0 Å². The maximum Gasteiger partial charge on any atom is 0.306 e. The molecule has 7 heteroatoms. The monoisotopic (exact) mass is 852 g/mol. The molecule has 0 fully saturated rings. The normalized spacial score (nSPS) is 11.1. The van der Waals surface area contributed by atoms with Crippen LogP contribution in [0, 0.1) is 0 Å². The van der Waals surface area contributed by atoms with Gasteiger partial charge in [0.1, 0.15) is 18.8 Å². The van der Waals surface area contributed by atoms with Crippen LogP contribution < -0.4 is 5.73 Å². The Kier molecular flexibility index (Phi) is 55.4. The molecule has 0 aliphatic rings. The van der Waals surface area contributed by atoms with Crippen molar-refractivity contribution in [2.75, 3.05) is 13.2 Å². The summed E-state index contributed by atoms with van der Waals surface area (Å²) in [7, 11) is 0. The van der Waals surface area contributed by atoms with Crippen LogP contribution in [0.25, 0.3) is 0 Å². The number of allylic oxidation sites excluding steroid dienone is 1. The highest BCUT2D eigenvalue weighted by molar-refractivity contribution is 5.70. The summed E-state index contributed by atoms with van der Waals surface area (Å²) in [4.78, 5) is 36.1. The maximum atomic E-state index is 12.4. The Hall–Kier alpha value is -1.89. The Labute approximate surface area is 374 Å². The van der Waals surface area contributed by atoms with Crippen molar-refractivity contribution < 1.29 is 28.6 Å². The summed E-state index contributed by atoms with van der Waals surface area (Å²) in [6, 6.07) is 0. The zero-order chi connectivity index (χ0) is 43.7. The smallest absolute Gasteiger partial charge is 0.306 e. The lowest BCUT2D eigenvalue weighted by Crippen LogP contribution is -2.19. The van der Waals surface area contributed by atoms with Crippen LogP contribution in [0.2, 0.25) is 0 Å². The summed E-state index contributed by atoms with van der Waals surface area (Å²) in [5.41, 5.74) is 5.45. The Morgan fingerprint density at radius 3 is 1.10 bits per heavy atom. The van der Waals surface area contributed by atoms with Crippen LogP contribution in [0.15, 0.2) is 12.2 Å². The van der Waals surface area contributed by atoms with E-state index in [1.165, 1.54) is 154 Å². The quantitative estimate of drug-likeness (QED) is 0.0282. The van der Waals surface area contributed by atoms with Crippen LogP contribution in [0.1, 0.15) is 286 Å². The molecule has 2 N–H and O–H groups in total. The number of ether oxygens (including phenoxy) is 3. The minimum absolute atomic E-state index is 0. The van der Waals surface area contributed by atoms with Gasteiger partial charge in [0, 0.05) is 19.3 Å². The van der Waals surface area contributed by atoms with Gasteiger partial charge >= 0.3 is 17.9 Å². The van der Waals surface area contributed by atoms with E-state index in [1.807, 2.05) is 6.08 Å². The van der Waals surface area contributed by atoms with E-state index in [0.29, 0.717) is 32.4 Å². The number of rotatable bonds is 44. The predicted molar refractivity (Wildman–Crippen MR) is 259 cm³/mol. The molecule has 0 atom stereocenters. The third kappa shape index (κ3) is 50.5. The van der Waals surface area contributed by atoms with Gasteiger partial charge in [-0.15, -0.1) is 0 Å². The van der Waals surface area contributed by atoms with Gasteiger partial charge in [-0.05, 0) is 90.0 Å². The topological polar surface area (TPSA) is 105 Å². The first-order valence-corrected chi connectivity index (χ1v) is 25.8. The summed E-state index contributed by atoms with van der Waals surface area (Å²) in [6.07, 6.45) is 46.9. The fraction of sp³-hybridized carbons (Fsp3) is 0.906. The minimum atomic E-state index is -0.102. The van der Waals surface area contributed by atoms with Crippen molar-refractivity contribution in [3.05, 3.63) is 12.2 Å². The van der Waals surface area contributed by atoms with Gasteiger partial charge in [0.2, 0.25) is 0 Å². The molecule has 0 aliphatic heterocycles. The van der Waals surface area contributed by atoms with Gasteiger partial charge in [0.15, 0.2) is 0 Å². The first-order valence-electron chi connectivity index (χ1n) is 25.8. The second-order valence-electron chi connectivity index (χ2n) is 17.2. The van der Waals surface area contributed by atoms with E-state index >= 15 is 0 Å². The van der Waals surface area contributed by atoms with Gasteiger partial charge in [-0.25, -0.2) is 0 Å². The van der Waals surface area contributed by atoms with E-state index < -0.39 is 0 Å². The van der Waals surface area contributed by atoms with Crippen molar-refractivity contribution in [2.45, 2.75) is 298 Å². The molecule has 0 rings (SSSR count). The molecule has 358 valence electrons. The van der Waals surface area contributed by atoms with Crippen molar-refractivity contribution in [1.29, 1.82) is 0 Å². The molecule has 7 nitrogen and oxygen atoms in total. The molecule has 0 saturated carbocycles. The van der Waals surface area contributed by atoms with E-state index in [1.54, 1.807) is 0 Å². The Morgan fingerprint density at radius 1 is 0.400 bits per heavy atom. The van der Waals surface area contributed by atoms with E-state index in [9.17, 15) is 14.4 Å². The second kappa shape index (κ2) is 53.2. The third-order valence-corrected chi connectivity index (χ3v) is 11.2. The van der Waals surface area contributed by atoms with Gasteiger partial charge in [-0.3, -0.25) is 14.4 Å². The molecule has 0 spiro atoms. The number of nitrogens with two attached hydrogens (primary N) is 1. The molecule has 60 heavy (non-hydrogen) atoms. The molecule has 0 aromatic heterocycles. The maximum absolute atomic E-state index is 12.4. The van der Waals surface area contributed by atoms with Crippen LogP contribution in [-0.2, 0) is 28.6 Å². The fourth-order valence-electron chi connectivity index (χ4n) is 7.32. The summed E-state index contributed by atoms with van der Waals surface area (Å²) >= 11 is 0. The van der Waals surface area contributed by atoms with Crippen molar-refractivity contribution in [3.63, 3.8) is 0 Å². The van der Waals surface area contributed by atoms with Gasteiger partial charge in [0.25, 0.3) is 0 Å². The van der Waals surface area contributed by atoms with Gasteiger partial charge < -0.3 is 19.9 Å². The molecule has 0 aromatic carbocycles. The standard InChI is InChI=1S/C33H62O4.C19H39NO2.CH4/c1-4-7-10-13-14-20-25-30-36-32(34)28-23-18-15-19-24-29-33(35)37-31(26-21-16-11-8-5-2)27-22-17-12-9-6-3;1-3-5-7-9-11-14-18(15-12-10-8-6-4-2)22-19(21)16-13-17-20;/h20,25,31H,4-19,21-24,26-30H2,1-3H3;18H,3-17,20H2,1-2H3;1H4/b25-20-;;. The van der Waals surface area contributed by atoms with Crippen LogP contribution in [0.4, 0.5) is 0 Å². The summed E-state index contributed by atoms with van der Waals surface area (Å²) < 4.78 is 16.8. The molecule has 0 amide bonds. The summed E-state index contributed by atoms with van der Waals surface area (Å²) in [6.45, 7) is 12.1. The number of unbranched alkanes of at least 4 members (excludes halogenated alkanes) is 24. The Balaban J connectivity index is -0.00000121. The molecular weight excluding hydrogens is 747 g/mol. The predicted octanol–water partition coefficient (Wildman–Crippen LogP) is 16.4. The van der Waals surface area contributed by atoms with Gasteiger partial charge in [-0.1, -0.05) is 195 Å². The highest BCUT2D eigenvalue weighted by Crippen LogP contribution is 2.19. The molecule has 0 saturated heterocycles. The summed E-state index contributed by atoms with van der Waals surface area (Å²) in [5, 5.41) is 0. The zero-order valence-corrected chi connectivity index (χ0v) is 40.1. The van der Waals surface area contributed by atoms with Crippen LogP contribution >= 0.6 is 0 Å². The van der Waals surface area contributed by atoms with E-state index in [-0.39, 0.29) is 37.5 Å². The molecule has 0 bridgehead atoms. The number of esters is 3. The number of hydrogen-bond donors (Lipinski definition) is 1. The first kappa shape index (κ1) is 62.4. The number of carbonyl (C=O) groups excluding carboxylic acids is 3. The van der Waals surface area contributed by atoms with Gasteiger partial charge in [-0.2, -0.15) is 0 Å². The van der Waals surface area contributed by atoms with Crippen molar-refractivity contribution >= 4 is 17.9 Å². The van der Waals surface area contributed by atoms with Crippen LogP contribution in [0.3, 0.4) is 0 Å². The van der Waals surface area contributed by atoms with Gasteiger partial charge in [0.05, 0.1) is 0 Å². The Morgan fingerprint density at radius 2 is 0.717 bits per heavy atom. The Bertz CT molecular complexity index is 880. The lowest BCUT2D eigenvalue weighted by Gasteiger charge is -2.18.